The molecule has 0 bridgehead atoms. The fourth-order valence-corrected chi connectivity index (χ4v) is 0.875. The average molecular weight is 296 g/mol. The number of hydrogen-bond donors (Lipinski definition) is 4. The average Bonchev–Trinajstić information content (AvgIpc) is 2.48. The number of rotatable bonds is 4. The maximum absolute atomic E-state index is 9.25. The molecule has 0 spiro atoms. The molecule has 0 aliphatic rings. The Kier molecular flexibility index (Phi) is 13.3. The van der Waals surface area contributed by atoms with Crippen molar-refractivity contribution in [3.05, 3.63) is 55.1 Å². The predicted octanol–water partition coefficient (Wildman–Crippen LogP) is 1.70. The van der Waals surface area contributed by atoms with Gasteiger partial charge in [-0.25, -0.2) is 4.79 Å². The summed E-state index contributed by atoms with van der Waals surface area (Å²) < 4.78 is 0. The Morgan fingerprint density at radius 3 is 1.86 bits per heavy atom. The van der Waals surface area contributed by atoms with E-state index in [1.807, 2.05) is 25.1 Å². The molecule has 2 atom stereocenters. The van der Waals surface area contributed by atoms with Crippen LogP contribution in [0.25, 0.3) is 5.57 Å². The molecule has 2 unspecified atom stereocenters. The Bertz CT molecular complexity index is 412. The second-order valence-corrected chi connectivity index (χ2v) is 4.18. The zero-order chi connectivity index (χ0) is 16.8. The molecule has 118 valence electrons. The standard InChI is InChI=1S/C9H10.C4H10O3.C3H4O2/c1-8(2)9-6-4-3-5-7-9;1-3(6)4(7)2-5;1-2-3(4)5/h3-7H,1H2,2H3;3-7H,2H2,1H3;2H,1H2,(H,4,5). The lowest BCUT2D eigenvalue weighted by Gasteiger charge is -2.07. The van der Waals surface area contributed by atoms with E-state index in [9.17, 15) is 4.79 Å². The summed E-state index contributed by atoms with van der Waals surface area (Å²) in [5.74, 6) is -0.981. The van der Waals surface area contributed by atoms with E-state index in [-0.39, 0.29) is 6.61 Å². The highest BCUT2D eigenvalue weighted by Gasteiger charge is 2.06. The minimum atomic E-state index is -0.986. The van der Waals surface area contributed by atoms with Crippen LogP contribution in [-0.2, 0) is 4.79 Å². The van der Waals surface area contributed by atoms with Crippen molar-refractivity contribution in [2.75, 3.05) is 6.61 Å². The lowest BCUT2D eigenvalue weighted by Crippen LogP contribution is -2.25. The highest BCUT2D eigenvalue weighted by atomic mass is 16.4. The Labute approximate surface area is 125 Å². The fourth-order valence-electron chi connectivity index (χ4n) is 0.875. The molecule has 1 aromatic rings. The lowest BCUT2D eigenvalue weighted by molar-refractivity contribution is -0.131. The molecule has 0 heterocycles. The molecular formula is C16H24O5. The number of benzene rings is 1. The Balaban J connectivity index is 0. The third kappa shape index (κ3) is 14.3. The Hall–Kier alpha value is -1.95. The van der Waals surface area contributed by atoms with Gasteiger partial charge in [0, 0.05) is 6.08 Å². The maximum Gasteiger partial charge on any atom is 0.327 e. The summed E-state index contributed by atoms with van der Waals surface area (Å²) in [7, 11) is 0. The third-order valence-electron chi connectivity index (χ3n) is 2.19. The number of allylic oxidation sites excluding steroid dienone is 1. The summed E-state index contributed by atoms with van der Waals surface area (Å²) in [4.78, 5) is 9.25. The van der Waals surface area contributed by atoms with E-state index in [1.165, 1.54) is 12.5 Å². The molecule has 1 aromatic carbocycles. The quantitative estimate of drug-likeness (QED) is 0.634. The monoisotopic (exact) mass is 296 g/mol. The Morgan fingerprint density at radius 2 is 1.71 bits per heavy atom. The molecule has 5 nitrogen and oxygen atoms in total. The van der Waals surface area contributed by atoms with Crippen LogP contribution in [0.1, 0.15) is 19.4 Å². The maximum atomic E-state index is 9.25. The molecule has 0 saturated carbocycles. The van der Waals surface area contributed by atoms with Crippen LogP contribution >= 0.6 is 0 Å². The van der Waals surface area contributed by atoms with Crippen LogP contribution in [0, 0.1) is 0 Å². The number of hydrogen-bond acceptors (Lipinski definition) is 4. The molecule has 0 aromatic heterocycles. The van der Waals surface area contributed by atoms with Crippen molar-refractivity contribution >= 4 is 11.5 Å². The van der Waals surface area contributed by atoms with Crippen LogP contribution in [0.2, 0.25) is 0 Å². The minimum absolute atomic E-state index is 0.377. The molecular weight excluding hydrogens is 272 g/mol. The van der Waals surface area contributed by atoms with E-state index in [0.717, 1.165) is 11.6 Å². The Morgan fingerprint density at radius 1 is 1.29 bits per heavy atom. The van der Waals surface area contributed by atoms with Crippen molar-refractivity contribution in [1.82, 2.24) is 0 Å². The first-order valence-corrected chi connectivity index (χ1v) is 6.29. The van der Waals surface area contributed by atoms with Gasteiger partial charge < -0.3 is 20.4 Å². The summed E-state index contributed by atoms with van der Waals surface area (Å²) in [5.41, 5.74) is 2.34. The van der Waals surface area contributed by atoms with Crippen molar-refractivity contribution in [1.29, 1.82) is 0 Å². The highest BCUT2D eigenvalue weighted by molar-refractivity contribution is 5.78. The van der Waals surface area contributed by atoms with E-state index in [0.29, 0.717) is 0 Å². The smallest absolute Gasteiger partial charge is 0.327 e. The van der Waals surface area contributed by atoms with Crippen LogP contribution in [0.4, 0.5) is 0 Å². The van der Waals surface area contributed by atoms with E-state index >= 15 is 0 Å². The molecule has 0 radical (unpaired) electrons. The normalized spacial score (nSPS) is 11.7. The van der Waals surface area contributed by atoms with Gasteiger partial charge in [-0.05, 0) is 19.4 Å². The number of aliphatic hydroxyl groups is 3. The van der Waals surface area contributed by atoms with Crippen LogP contribution in [0.3, 0.4) is 0 Å². The summed E-state index contributed by atoms with van der Waals surface area (Å²) in [6, 6.07) is 10.2. The van der Waals surface area contributed by atoms with Gasteiger partial charge in [0.1, 0.15) is 6.10 Å². The van der Waals surface area contributed by atoms with E-state index in [2.05, 4.69) is 25.3 Å². The molecule has 0 aliphatic heterocycles. The first kappa shape index (κ1) is 21.4. The van der Waals surface area contributed by atoms with Gasteiger partial charge in [0.25, 0.3) is 0 Å². The molecule has 0 fully saturated rings. The number of carbonyl (C=O) groups is 1. The van der Waals surface area contributed by atoms with Gasteiger partial charge in [-0.1, -0.05) is 49.1 Å². The second-order valence-electron chi connectivity index (χ2n) is 4.18. The van der Waals surface area contributed by atoms with E-state index < -0.39 is 18.2 Å². The van der Waals surface area contributed by atoms with Crippen LogP contribution < -0.4 is 0 Å². The van der Waals surface area contributed by atoms with Crippen LogP contribution in [0.5, 0.6) is 0 Å². The van der Waals surface area contributed by atoms with Crippen molar-refractivity contribution in [2.45, 2.75) is 26.1 Å². The van der Waals surface area contributed by atoms with Gasteiger partial charge in [0.05, 0.1) is 12.7 Å². The third-order valence-corrected chi connectivity index (χ3v) is 2.19. The van der Waals surface area contributed by atoms with Gasteiger partial charge in [-0.15, -0.1) is 0 Å². The van der Waals surface area contributed by atoms with E-state index in [4.69, 9.17) is 20.4 Å². The highest BCUT2D eigenvalue weighted by Crippen LogP contribution is 2.08. The van der Waals surface area contributed by atoms with Gasteiger partial charge in [0.2, 0.25) is 0 Å². The van der Waals surface area contributed by atoms with Crippen molar-refractivity contribution in [3.8, 4) is 0 Å². The SMILES string of the molecule is C=C(C)c1ccccc1.C=CC(=O)O.CC(O)C(O)CO. The molecule has 0 aliphatic carbocycles. The minimum Gasteiger partial charge on any atom is -0.478 e. The van der Waals surface area contributed by atoms with E-state index in [1.54, 1.807) is 0 Å². The molecule has 1 rings (SSSR count). The summed E-state index contributed by atoms with van der Waals surface area (Å²) >= 11 is 0. The molecule has 21 heavy (non-hydrogen) atoms. The summed E-state index contributed by atoms with van der Waals surface area (Å²) in [5, 5.41) is 32.5. The second kappa shape index (κ2) is 13.1. The number of aliphatic hydroxyl groups excluding tert-OH is 3. The van der Waals surface area contributed by atoms with Gasteiger partial charge in [0.15, 0.2) is 0 Å². The van der Waals surface area contributed by atoms with Crippen molar-refractivity contribution in [2.24, 2.45) is 0 Å². The topological polar surface area (TPSA) is 98.0 Å². The first-order chi connectivity index (χ1) is 9.76. The summed E-state index contributed by atoms with van der Waals surface area (Å²) in [6.07, 6.45) is -0.981. The van der Waals surface area contributed by atoms with Crippen molar-refractivity contribution in [3.63, 3.8) is 0 Å². The molecule has 0 saturated heterocycles. The zero-order valence-electron chi connectivity index (χ0n) is 12.4. The fraction of sp³-hybridized carbons (Fsp3) is 0.312. The largest absolute Gasteiger partial charge is 0.478 e. The van der Waals surface area contributed by atoms with Crippen molar-refractivity contribution < 1.29 is 25.2 Å². The first-order valence-electron chi connectivity index (χ1n) is 6.29. The van der Waals surface area contributed by atoms with Crippen LogP contribution in [-0.4, -0.2) is 45.2 Å². The van der Waals surface area contributed by atoms with Gasteiger partial charge in [-0.2, -0.15) is 0 Å². The molecule has 0 amide bonds. The summed E-state index contributed by atoms with van der Waals surface area (Å²) in [6.45, 7) is 9.84. The molecule has 5 heteroatoms. The van der Waals surface area contributed by atoms with Gasteiger partial charge in [-0.3, -0.25) is 0 Å². The molecule has 4 N–H and O–H groups in total. The zero-order valence-corrected chi connectivity index (χ0v) is 12.4. The lowest BCUT2D eigenvalue weighted by atomic mass is 10.1. The predicted molar refractivity (Wildman–Crippen MR) is 83.8 cm³/mol. The number of carboxylic acids is 1. The van der Waals surface area contributed by atoms with Crippen LogP contribution in [0.15, 0.2) is 49.6 Å². The van der Waals surface area contributed by atoms with Gasteiger partial charge >= 0.3 is 5.97 Å². The number of carboxylic acid groups (broad SMARTS) is 1. The number of aliphatic carboxylic acids is 1.